The largest absolute Gasteiger partial charge is 0.480 e. The van der Waals surface area contributed by atoms with Crippen LogP contribution in [0.2, 0.25) is 5.15 Å². The van der Waals surface area contributed by atoms with Gasteiger partial charge in [0.15, 0.2) is 11.0 Å². The topological polar surface area (TPSA) is 75.5 Å². The summed E-state index contributed by atoms with van der Waals surface area (Å²) >= 11 is 5.59. The molecule has 0 saturated carbocycles. The molecule has 0 radical (unpaired) electrons. The van der Waals surface area contributed by atoms with Crippen molar-refractivity contribution in [2.75, 3.05) is 31.7 Å². The minimum absolute atomic E-state index is 0.153. The summed E-state index contributed by atoms with van der Waals surface area (Å²) in [7, 11) is 1.55. The van der Waals surface area contributed by atoms with Crippen LogP contribution in [0.15, 0.2) is 12.1 Å². The highest BCUT2D eigenvalue weighted by Crippen LogP contribution is 2.11. The zero-order chi connectivity index (χ0) is 12.0. The molecule has 1 N–H and O–H groups in total. The van der Waals surface area contributed by atoms with Crippen LogP contribution in [0, 0.1) is 0 Å². The number of rotatable bonds is 6. The summed E-state index contributed by atoms with van der Waals surface area (Å²) < 4.78 is 4.89. The molecule has 0 unspecified atom stereocenters. The van der Waals surface area contributed by atoms with E-state index < -0.39 is 5.97 Å². The Morgan fingerprint density at radius 2 is 2.31 bits per heavy atom. The molecular formula is C9H12ClN3O3. The Morgan fingerprint density at radius 3 is 2.81 bits per heavy atom. The number of hydrogen-bond acceptors (Lipinski definition) is 5. The molecule has 0 aromatic carbocycles. The van der Waals surface area contributed by atoms with Crippen LogP contribution in [-0.2, 0) is 9.53 Å². The Hall–Kier alpha value is -1.40. The predicted octanol–water partition coefficient (Wildman–Crippen LogP) is 0.667. The number of aliphatic carboxylic acids is 1. The van der Waals surface area contributed by atoms with Crippen LogP contribution in [0.5, 0.6) is 0 Å². The van der Waals surface area contributed by atoms with Gasteiger partial charge < -0.3 is 14.7 Å². The Morgan fingerprint density at radius 1 is 1.56 bits per heavy atom. The standard InChI is InChI=1S/C9H12ClN3O3/c1-16-5-4-13(6-9(14)15)8-3-2-7(10)11-12-8/h2-3H,4-6H2,1H3,(H,14,15). The van der Waals surface area contributed by atoms with Gasteiger partial charge in [0.2, 0.25) is 0 Å². The van der Waals surface area contributed by atoms with Gasteiger partial charge >= 0.3 is 5.97 Å². The van der Waals surface area contributed by atoms with Crippen LogP contribution in [0.3, 0.4) is 0 Å². The Balaban J connectivity index is 2.74. The molecule has 0 atom stereocenters. The third-order valence-corrected chi connectivity index (χ3v) is 2.03. The maximum atomic E-state index is 10.7. The molecular weight excluding hydrogens is 234 g/mol. The van der Waals surface area contributed by atoms with Gasteiger partial charge in [0.1, 0.15) is 6.54 Å². The van der Waals surface area contributed by atoms with E-state index in [1.165, 1.54) is 0 Å². The molecule has 0 bridgehead atoms. The number of nitrogens with zero attached hydrogens (tertiary/aromatic N) is 3. The third-order valence-electron chi connectivity index (χ3n) is 1.83. The number of carboxylic acids is 1. The van der Waals surface area contributed by atoms with Crippen molar-refractivity contribution in [2.24, 2.45) is 0 Å². The van der Waals surface area contributed by atoms with Gasteiger partial charge in [-0.05, 0) is 12.1 Å². The van der Waals surface area contributed by atoms with E-state index in [9.17, 15) is 4.79 Å². The monoisotopic (exact) mass is 245 g/mol. The van der Waals surface area contributed by atoms with E-state index in [-0.39, 0.29) is 11.7 Å². The normalized spacial score (nSPS) is 10.1. The second kappa shape index (κ2) is 6.24. The number of halogens is 1. The van der Waals surface area contributed by atoms with Crippen LogP contribution < -0.4 is 4.90 Å². The average molecular weight is 246 g/mol. The van der Waals surface area contributed by atoms with Gasteiger partial charge in [-0.15, -0.1) is 10.2 Å². The minimum atomic E-state index is -0.937. The summed E-state index contributed by atoms with van der Waals surface area (Å²) in [5.41, 5.74) is 0. The number of anilines is 1. The molecule has 16 heavy (non-hydrogen) atoms. The summed E-state index contributed by atoms with van der Waals surface area (Å²) in [6.07, 6.45) is 0. The van der Waals surface area contributed by atoms with Gasteiger partial charge in [0, 0.05) is 13.7 Å². The highest BCUT2D eigenvalue weighted by molar-refractivity contribution is 6.29. The summed E-state index contributed by atoms with van der Waals surface area (Å²) in [6.45, 7) is 0.691. The molecule has 0 saturated heterocycles. The van der Waals surface area contributed by atoms with E-state index >= 15 is 0 Å². The summed E-state index contributed by atoms with van der Waals surface area (Å²) in [4.78, 5) is 12.2. The van der Waals surface area contributed by atoms with Crippen LogP contribution in [0.4, 0.5) is 5.82 Å². The van der Waals surface area contributed by atoms with Crippen LogP contribution in [0.1, 0.15) is 0 Å². The van der Waals surface area contributed by atoms with Crippen molar-refractivity contribution in [3.05, 3.63) is 17.3 Å². The van der Waals surface area contributed by atoms with Crippen molar-refractivity contribution < 1.29 is 14.6 Å². The number of carbonyl (C=O) groups is 1. The van der Waals surface area contributed by atoms with E-state index in [0.717, 1.165) is 0 Å². The van der Waals surface area contributed by atoms with Gasteiger partial charge in [-0.25, -0.2) is 0 Å². The van der Waals surface area contributed by atoms with Gasteiger partial charge in [-0.1, -0.05) is 11.6 Å². The second-order valence-electron chi connectivity index (χ2n) is 3.02. The molecule has 0 spiro atoms. The fraction of sp³-hybridized carbons (Fsp3) is 0.444. The van der Waals surface area contributed by atoms with Crippen molar-refractivity contribution in [1.82, 2.24) is 10.2 Å². The first kappa shape index (κ1) is 12.7. The summed E-state index contributed by atoms with van der Waals surface area (Å²) in [5, 5.41) is 16.5. The molecule has 6 nitrogen and oxygen atoms in total. The Kier molecular flexibility index (Phi) is 4.94. The predicted molar refractivity (Wildman–Crippen MR) is 58.8 cm³/mol. The Bertz CT molecular complexity index is 344. The van der Waals surface area contributed by atoms with Crippen molar-refractivity contribution in [3.8, 4) is 0 Å². The van der Waals surface area contributed by atoms with Crippen molar-refractivity contribution >= 4 is 23.4 Å². The molecule has 1 rings (SSSR count). The molecule has 0 aliphatic heterocycles. The maximum absolute atomic E-state index is 10.7. The molecule has 1 aromatic rings. The smallest absolute Gasteiger partial charge is 0.323 e. The molecule has 0 amide bonds. The molecule has 0 aliphatic carbocycles. The van der Waals surface area contributed by atoms with Crippen LogP contribution >= 0.6 is 11.6 Å². The van der Waals surface area contributed by atoms with Crippen molar-refractivity contribution in [1.29, 1.82) is 0 Å². The number of hydrogen-bond donors (Lipinski definition) is 1. The fourth-order valence-corrected chi connectivity index (χ4v) is 1.22. The van der Waals surface area contributed by atoms with Crippen molar-refractivity contribution in [2.45, 2.75) is 0 Å². The van der Waals surface area contributed by atoms with E-state index in [2.05, 4.69) is 10.2 Å². The quantitative estimate of drug-likeness (QED) is 0.794. The van der Waals surface area contributed by atoms with E-state index in [1.807, 2.05) is 0 Å². The number of aromatic nitrogens is 2. The van der Waals surface area contributed by atoms with E-state index in [0.29, 0.717) is 19.0 Å². The van der Waals surface area contributed by atoms with Crippen molar-refractivity contribution in [3.63, 3.8) is 0 Å². The number of ether oxygens (including phenoxy) is 1. The molecule has 0 aliphatic rings. The molecule has 1 aromatic heterocycles. The molecule has 0 fully saturated rings. The first-order valence-electron chi connectivity index (χ1n) is 4.58. The Labute approximate surface area is 97.8 Å². The van der Waals surface area contributed by atoms with Gasteiger partial charge in [-0.2, -0.15) is 0 Å². The van der Waals surface area contributed by atoms with Gasteiger partial charge in [0.25, 0.3) is 0 Å². The maximum Gasteiger partial charge on any atom is 0.323 e. The highest BCUT2D eigenvalue weighted by atomic mass is 35.5. The van der Waals surface area contributed by atoms with Crippen LogP contribution in [-0.4, -0.2) is 48.1 Å². The zero-order valence-electron chi connectivity index (χ0n) is 8.76. The summed E-state index contributed by atoms with van der Waals surface area (Å²) in [5.74, 6) is -0.475. The van der Waals surface area contributed by atoms with Crippen LogP contribution in [0.25, 0.3) is 0 Å². The number of methoxy groups -OCH3 is 1. The average Bonchev–Trinajstić information content (AvgIpc) is 2.25. The van der Waals surface area contributed by atoms with E-state index in [1.54, 1.807) is 24.1 Å². The summed E-state index contributed by atoms with van der Waals surface area (Å²) in [6, 6.07) is 3.18. The number of carboxylic acid groups (broad SMARTS) is 1. The van der Waals surface area contributed by atoms with Gasteiger partial charge in [-0.3, -0.25) is 4.79 Å². The third kappa shape index (κ3) is 4.00. The first-order valence-corrected chi connectivity index (χ1v) is 4.96. The SMILES string of the molecule is COCCN(CC(=O)O)c1ccc(Cl)nn1. The molecule has 88 valence electrons. The lowest BCUT2D eigenvalue weighted by Gasteiger charge is -2.20. The highest BCUT2D eigenvalue weighted by Gasteiger charge is 2.11. The lowest BCUT2D eigenvalue weighted by Crippen LogP contribution is -2.33. The lowest BCUT2D eigenvalue weighted by atomic mass is 10.4. The first-order chi connectivity index (χ1) is 7.63. The minimum Gasteiger partial charge on any atom is -0.480 e. The molecule has 7 heteroatoms. The zero-order valence-corrected chi connectivity index (χ0v) is 9.52. The van der Waals surface area contributed by atoms with E-state index in [4.69, 9.17) is 21.4 Å². The molecule has 1 heterocycles. The second-order valence-corrected chi connectivity index (χ2v) is 3.41. The fourth-order valence-electron chi connectivity index (χ4n) is 1.12. The van der Waals surface area contributed by atoms with Gasteiger partial charge in [0.05, 0.1) is 6.61 Å². The lowest BCUT2D eigenvalue weighted by molar-refractivity contribution is -0.135.